The van der Waals surface area contributed by atoms with E-state index in [2.05, 4.69) is 10.3 Å². The SMILES string of the molecule is CN(C)S(=O)(=O)N1CCc2nc(NC(=O)CC3CCCCC3)sc2C1. The van der Waals surface area contributed by atoms with Crippen LogP contribution in [0.5, 0.6) is 0 Å². The Morgan fingerprint density at radius 3 is 2.72 bits per heavy atom. The van der Waals surface area contributed by atoms with Gasteiger partial charge < -0.3 is 5.32 Å². The minimum Gasteiger partial charge on any atom is -0.302 e. The molecule has 0 spiro atoms. The molecule has 9 heteroatoms. The fourth-order valence-corrected chi connectivity index (χ4v) is 5.67. The number of nitrogens with zero attached hydrogens (tertiary/aromatic N) is 3. The highest BCUT2D eigenvalue weighted by molar-refractivity contribution is 7.86. The summed E-state index contributed by atoms with van der Waals surface area (Å²) >= 11 is 1.39. The fraction of sp³-hybridized carbons (Fsp3) is 0.750. The van der Waals surface area contributed by atoms with Crippen LogP contribution in [0.2, 0.25) is 0 Å². The predicted octanol–water partition coefficient (Wildman–Crippen LogP) is 2.22. The van der Waals surface area contributed by atoms with Crippen LogP contribution in [0.15, 0.2) is 0 Å². The van der Waals surface area contributed by atoms with Gasteiger partial charge in [0.2, 0.25) is 5.91 Å². The molecule has 0 unspecified atom stereocenters. The summed E-state index contributed by atoms with van der Waals surface area (Å²) in [6, 6.07) is 0. The van der Waals surface area contributed by atoms with E-state index in [0.29, 0.717) is 37.0 Å². The molecule has 3 rings (SSSR count). The van der Waals surface area contributed by atoms with E-state index in [1.165, 1.54) is 53.3 Å². The summed E-state index contributed by atoms with van der Waals surface area (Å²) in [6.45, 7) is 0.749. The lowest BCUT2D eigenvalue weighted by Gasteiger charge is -2.27. The normalized spacial score (nSPS) is 19.8. The average molecular weight is 387 g/mol. The molecule has 0 radical (unpaired) electrons. The number of carbonyl (C=O) groups excluding carboxylic acids is 1. The van der Waals surface area contributed by atoms with Gasteiger partial charge in [-0.05, 0) is 18.8 Å². The zero-order valence-electron chi connectivity index (χ0n) is 14.8. The fourth-order valence-electron chi connectivity index (χ4n) is 3.48. The maximum atomic E-state index is 12.3. The van der Waals surface area contributed by atoms with Crippen molar-refractivity contribution in [2.45, 2.75) is 51.5 Å². The second-order valence-electron chi connectivity index (χ2n) is 7.02. The van der Waals surface area contributed by atoms with Crippen molar-refractivity contribution < 1.29 is 13.2 Å². The second-order valence-corrected chi connectivity index (χ2v) is 10.2. The lowest BCUT2D eigenvalue weighted by atomic mass is 9.87. The third kappa shape index (κ3) is 4.39. The van der Waals surface area contributed by atoms with Crippen LogP contribution in [0.1, 0.15) is 49.1 Å². The number of amides is 1. The Kier molecular flexibility index (Phi) is 5.77. The smallest absolute Gasteiger partial charge is 0.281 e. The predicted molar refractivity (Wildman–Crippen MR) is 98.7 cm³/mol. The van der Waals surface area contributed by atoms with Gasteiger partial charge in [0.15, 0.2) is 5.13 Å². The molecule has 25 heavy (non-hydrogen) atoms. The highest BCUT2D eigenvalue weighted by atomic mass is 32.2. The van der Waals surface area contributed by atoms with Gasteiger partial charge in [0, 0.05) is 38.4 Å². The van der Waals surface area contributed by atoms with E-state index in [9.17, 15) is 13.2 Å². The highest BCUT2D eigenvalue weighted by Crippen LogP contribution is 2.31. The molecule has 140 valence electrons. The number of carbonyl (C=O) groups is 1. The topological polar surface area (TPSA) is 82.6 Å². The molecule has 1 aromatic rings. The minimum absolute atomic E-state index is 0.0239. The van der Waals surface area contributed by atoms with Crippen LogP contribution in [0, 0.1) is 5.92 Å². The van der Waals surface area contributed by atoms with E-state index in [-0.39, 0.29) is 5.91 Å². The Bertz CT molecular complexity index is 724. The number of hydrogen-bond donors (Lipinski definition) is 1. The lowest BCUT2D eigenvalue weighted by Crippen LogP contribution is -2.42. The van der Waals surface area contributed by atoms with Crippen LogP contribution >= 0.6 is 11.3 Å². The first kappa shape index (κ1) is 18.8. The quantitative estimate of drug-likeness (QED) is 0.841. The molecule has 0 saturated heterocycles. The van der Waals surface area contributed by atoms with Crippen molar-refractivity contribution in [1.29, 1.82) is 0 Å². The number of thiazole rings is 1. The summed E-state index contributed by atoms with van der Waals surface area (Å²) in [5.41, 5.74) is 0.906. The Morgan fingerprint density at radius 2 is 2.04 bits per heavy atom. The molecule has 7 nitrogen and oxygen atoms in total. The van der Waals surface area contributed by atoms with E-state index in [1.807, 2.05) is 0 Å². The summed E-state index contributed by atoms with van der Waals surface area (Å²) in [5.74, 6) is 0.514. The largest absolute Gasteiger partial charge is 0.302 e. The molecule has 2 aliphatic rings. The monoisotopic (exact) mass is 386 g/mol. The molecule has 1 N–H and O–H groups in total. The number of hydrogen-bond acceptors (Lipinski definition) is 5. The molecule has 1 aromatic heterocycles. The number of fused-ring (bicyclic) bond motifs is 1. The molecule has 1 fully saturated rings. The third-order valence-corrected chi connectivity index (χ3v) is 7.81. The van der Waals surface area contributed by atoms with Gasteiger partial charge in [0.1, 0.15) is 0 Å². The molecule has 1 saturated carbocycles. The molecule has 0 aromatic carbocycles. The molecular weight excluding hydrogens is 360 g/mol. The van der Waals surface area contributed by atoms with Crippen LogP contribution in [0.4, 0.5) is 5.13 Å². The van der Waals surface area contributed by atoms with Gasteiger partial charge >= 0.3 is 0 Å². The van der Waals surface area contributed by atoms with Gasteiger partial charge in [-0.15, -0.1) is 11.3 Å². The number of anilines is 1. The molecular formula is C16H26N4O3S2. The number of rotatable bonds is 5. The zero-order valence-corrected chi connectivity index (χ0v) is 16.5. The number of aromatic nitrogens is 1. The van der Waals surface area contributed by atoms with Crippen LogP contribution < -0.4 is 5.32 Å². The first-order chi connectivity index (χ1) is 11.9. The lowest BCUT2D eigenvalue weighted by molar-refractivity contribution is -0.117. The maximum Gasteiger partial charge on any atom is 0.281 e. The molecule has 1 amide bonds. The Labute approximate surface area is 153 Å². The van der Waals surface area contributed by atoms with Crippen LogP contribution in [-0.4, -0.2) is 48.6 Å². The molecule has 2 heterocycles. The summed E-state index contributed by atoms with van der Waals surface area (Å²) in [4.78, 5) is 17.7. The Morgan fingerprint density at radius 1 is 1.32 bits per heavy atom. The first-order valence-corrected chi connectivity index (χ1v) is 11.0. The van der Waals surface area contributed by atoms with Crippen LogP contribution in [0.25, 0.3) is 0 Å². The summed E-state index contributed by atoms with van der Waals surface area (Å²) in [7, 11) is -0.345. The van der Waals surface area contributed by atoms with Crippen LogP contribution in [0.3, 0.4) is 0 Å². The van der Waals surface area contributed by atoms with Gasteiger partial charge in [-0.25, -0.2) is 4.98 Å². The minimum atomic E-state index is -3.42. The summed E-state index contributed by atoms with van der Waals surface area (Å²) in [5, 5.41) is 3.51. The summed E-state index contributed by atoms with van der Waals surface area (Å²) < 4.78 is 27.2. The summed E-state index contributed by atoms with van der Waals surface area (Å²) in [6.07, 6.45) is 7.14. The first-order valence-electron chi connectivity index (χ1n) is 8.82. The highest BCUT2D eigenvalue weighted by Gasteiger charge is 2.30. The van der Waals surface area contributed by atoms with Crippen molar-refractivity contribution in [2.75, 3.05) is 26.0 Å². The van der Waals surface area contributed by atoms with Crippen molar-refractivity contribution in [3.05, 3.63) is 10.6 Å². The van der Waals surface area contributed by atoms with Crippen molar-refractivity contribution in [1.82, 2.24) is 13.6 Å². The van der Waals surface area contributed by atoms with E-state index in [1.54, 1.807) is 0 Å². The van der Waals surface area contributed by atoms with E-state index in [4.69, 9.17) is 0 Å². The Hall–Kier alpha value is -1.03. The van der Waals surface area contributed by atoms with E-state index in [0.717, 1.165) is 23.4 Å². The maximum absolute atomic E-state index is 12.3. The van der Waals surface area contributed by atoms with Crippen molar-refractivity contribution in [2.24, 2.45) is 5.92 Å². The second kappa shape index (κ2) is 7.69. The number of nitrogens with one attached hydrogen (secondary N) is 1. The molecule has 0 atom stereocenters. The molecule has 0 bridgehead atoms. The van der Waals surface area contributed by atoms with Gasteiger partial charge in [-0.2, -0.15) is 17.0 Å². The standard InChI is InChI=1S/C16H26N4O3S2/c1-19(2)25(22,23)20-9-8-13-14(11-20)24-16(17-13)18-15(21)10-12-6-4-3-5-7-12/h12H,3-11H2,1-2H3,(H,17,18,21). The molecule has 1 aliphatic heterocycles. The van der Waals surface area contributed by atoms with Crippen LogP contribution in [-0.2, 0) is 28.0 Å². The van der Waals surface area contributed by atoms with Gasteiger partial charge in [0.05, 0.1) is 12.2 Å². The van der Waals surface area contributed by atoms with Crippen molar-refractivity contribution >= 4 is 32.6 Å². The van der Waals surface area contributed by atoms with Gasteiger partial charge in [-0.3, -0.25) is 4.79 Å². The average Bonchev–Trinajstić information content (AvgIpc) is 2.96. The van der Waals surface area contributed by atoms with E-state index >= 15 is 0 Å². The van der Waals surface area contributed by atoms with E-state index < -0.39 is 10.2 Å². The van der Waals surface area contributed by atoms with Gasteiger partial charge in [0.25, 0.3) is 10.2 Å². The molecule has 1 aliphatic carbocycles. The Balaban J connectivity index is 1.61. The zero-order chi connectivity index (χ0) is 18.0. The van der Waals surface area contributed by atoms with Crippen molar-refractivity contribution in [3.63, 3.8) is 0 Å². The van der Waals surface area contributed by atoms with Gasteiger partial charge in [-0.1, -0.05) is 19.3 Å². The third-order valence-electron chi connectivity index (χ3n) is 4.93. The van der Waals surface area contributed by atoms with Crippen molar-refractivity contribution in [3.8, 4) is 0 Å².